The van der Waals surface area contributed by atoms with Crippen molar-refractivity contribution in [1.82, 2.24) is 4.90 Å². The molecule has 4 heteroatoms. The van der Waals surface area contributed by atoms with Gasteiger partial charge in [0.15, 0.2) is 0 Å². The number of allylic oxidation sites excluding steroid dienone is 2. The van der Waals surface area contributed by atoms with Gasteiger partial charge in [-0.05, 0) is 25.3 Å². The standard InChI is InChI=1S/C17H23NO3/c1-17(16(20)21,14-10-6-4-7-11-14)13-9-5-8-12-15(19)18(2)3/h4-7,9-11H,8,12-13H2,1-3H3,(H,20,21)/b9-5+/t17-/m1/s1. The Balaban J connectivity index is 2.65. The van der Waals surface area contributed by atoms with E-state index in [9.17, 15) is 14.7 Å². The molecule has 1 amide bonds. The van der Waals surface area contributed by atoms with Crippen molar-refractivity contribution < 1.29 is 14.7 Å². The van der Waals surface area contributed by atoms with Crippen LogP contribution in [0, 0.1) is 0 Å². The molecule has 0 saturated carbocycles. The zero-order chi connectivity index (χ0) is 15.9. The molecular weight excluding hydrogens is 266 g/mol. The summed E-state index contributed by atoms with van der Waals surface area (Å²) >= 11 is 0. The highest BCUT2D eigenvalue weighted by atomic mass is 16.4. The SMILES string of the molecule is CN(C)C(=O)CC/C=C/C[C@@](C)(C(=O)O)c1ccccc1. The van der Waals surface area contributed by atoms with Crippen molar-refractivity contribution in [2.24, 2.45) is 0 Å². The number of carboxylic acids is 1. The molecule has 0 aliphatic rings. The quantitative estimate of drug-likeness (QED) is 0.785. The molecule has 21 heavy (non-hydrogen) atoms. The van der Waals surface area contributed by atoms with E-state index in [4.69, 9.17) is 0 Å². The lowest BCUT2D eigenvalue weighted by molar-refractivity contribution is -0.143. The van der Waals surface area contributed by atoms with Crippen molar-refractivity contribution in [1.29, 1.82) is 0 Å². The molecule has 1 aromatic rings. The molecule has 0 radical (unpaired) electrons. The van der Waals surface area contributed by atoms with Gasteiger partial charge in [-0.15, -0.1) is 0 Å². The van der Waals surface area contributed by atoms with Crippen LogP contribution in [0.15, 0.2) is 42.5 Å². The minimum atomic E-state index is -0.941. The molecule has 114 valence electrons. The highest BCUT2D eigenvalue weighted by Gasteiger charge is 2.33. The Hall–Kier alpha value is -2.10. The van der Waals surface area contributed by atoms with Gasteiger partial charge in [-0.3, -0.25) is 9.59 Å². The van der Waals surface area contributed by atoms with E-state index in [-0.39, 0.29) is 5.91 Å². The first kappa shape index (κ1) is 17.0. The first-order chi connectivity index (χ1) is 9.88. The van der Waals surface area contributed by atoms with Crippen molar-refractivity contribution in [3.63, 3.8) is 0 Å². The molecule has 0 bridgehead atoms. The summed E-state index contributed by atoms with van der Waals surface area (Å²) in [6.45, 7) is 1.72. The van der Waals surface area contributed by atoms with E-state index >= 15 is 0 Å². The Morgan fingerprint density at radius 1 is 1.19 bits per heavy atom. The Morgan fingerprint density at radius 3 is 2.33 bits per heavy atom. The number of carbonyl (C=O) groups excluding carboxylic acids is 1. The van der Waals surface area contributed by atoms with E-state index in [2.05, 4.69) is 0 Å². The highest BCUT2D eigenvalue weighted by molar-refractivity contribution is 5.81. The Labute approximate surface area is 126 Å². The third-order valence-electron chi connectivity index (χ3n) is 3.60. The largest absolute Gasteiger partial charge is 0.481 e. The summed E-state index contributed by atoms with van der Waals surface area (Å²) in [4.78, 5) is 24.6. The van der Waals surface area contributed by atoms with E-state index in [1.54, 1.807) is 25.9 Å². The van der Waals surface area contributed by atoms with Crippen LogP contribution in [0.5, 0.6) is 0 Å². The van der Waals surface area contributed by atoms with Crippen LogP contribution >= 0.6 is 0 Å². The molecule has 0 unspecified atom stereocenters. The summed E-state index contributed by atoms with van der Waals surface area (Å²) < 4.78 is 0. The van der Waals surface area contributed by atoms with Crippen LogP contribution in [0.25, 0.3) is 0 Å². The lowest BCUT2D eigenvalue weighted by Crippen LogP contribution is -2.31. The smallest absolute Gasteiger partial charge is 0.314 e. The van der Waals surface area contributed by atoms with Crippen LogP contribution in [-0.2, 0) is 15.0 Å². The molecule has 1 N–H and O–H groups in total. The number of benzene rings is 1. The Kier molecular flexibility index (Phi) is 6.15. The Bertz CT molecular complexity index is 508. The first-order valence-corrected chi connectivity index (χ1v) is 7.02. The van der Waals surface area contributed by atoms with Crippen LogP contribution in [0.3, 0.4) is 0 Å². The molecular formula is C17H23NO3. The van der Waals surface area contributed by atoms with Crippen LogP contribution in [-0.4, -0.2) is 36.0 Å². The van der Waals surface area contributed by atoms with E-state index in [0.717, 1.165) is 5.56 Å². The molecule has 0 aliphatic carbocycles. The fourth-order valence-corrected chi connectivity index (χ4v) is 2.00. The molecule has 0 fully saturated rings. The van der Waals surface area contributed by atoms with Gasteiger partial charge < -0.3 is 10.0 Å². The minimum Gasteiger partial charge on any atom is -0.481 e. The first-order valence-electron chi connectivity index (χ1n) is 7.02. The third-order valence-corrected chi connectivity index (χ3v) is 3.60. The lowest BCUT2D eigenvalue weighted by Gasteiger charge is -2.23. The monoisotopic (exact) mass is 289 g/mol. The van der Waals surface area contributed by atoms with Gasteiger partial charge in [0.1, 0.15) is 0 Å². The number of hydrogen-bond acceptors (Lipinski definition) is 2. The van der Waals surface area contributed by atoms with Crippen molar-refractivity contribution in [2.75, 3.05) is 14.1 Å². The summed E-state index contributed by atoms with van der Waals surface area (Å²) in [7, 11) is 3.45. The molecule has 4 nitrogen and oxygen atoms in total. The maximum atomic E-state index is 11.6. The van der Waals surface area contributed by atoms with E-state index < -0.39 is 11.4 Å². The number of rotatable bonds is 7. The van der Waals surface area contributed by atoms with Gasteiger partial charge in [-0.25, -0.2) is 0 Å². The van der Waals surface area contributed by atoms with Gasteiger partial charge >= 0.3 is 5.97 Å². The fourth-order valence-electron chi connectivity index (χ4n) is 2.00. The summed E-state index contributed by atoms with van der Waals surface area (Å²) in [6.07, 6.45) is 5.21. The van der Waals surface area contributed by atoms with Crippen molar-refractivity contribution in [2.45, 2.75) is 31.6 Å². The van der Waals surface area contributed by atoms with Gasteiger partial charge in [-0.1, -0.05) is 42.5 Å². The van der Waals surface area contributed by atoms with Crippen molar-refractivity contribution in [3.8, 4) is 0 Å². The Morgan fingerprint density at radius 2 is 1.81 bits per heavy atom. The number of aliphatic carboxylic acids is 1. The van der Waals surface area contributed by atoms with Gasteiger partial charge in [0.25, 0.3) is 0 Å². The second kappa shape index (κ2) is 7.62. The van der Waals surface area contributed by atoms with Crippen LogP contribution < -0.4 is 0 Å². The molecule has 1 aromatic carbocycles. The van der Waals surface area contributed by atoms with E-state index in [1.165, 1.54) is 0 Å². The maximum Gasteiger partial charge on any atom is 0.314 e. The van der Waals surface area contributed by atoms with Crippen LogP contribution in [0.4, 0.5) is 0 Å². The van der Waals surface area contributed by atoms with Crippen LogP contribution in [0.1, 0.15) is 31.7 Å². The third kappa shape index (κ3) is 4.74. The molecule has 0 aromatic heterocycles. The number of hydrogen-bond donors (Lipinski definition) is 1. The van der Waals surface area contributed by atoms with Gasteiger partial charge in [0.2, 0.25) is 5.91 Å². The maximum absolute atomic E-state index is 11.6. The van der Waals surface area contributed by atoms with Gasteiger partial charge in [-0.2, -0.15) is 0 Å². The molecule has 1 atom stereocenters. The average Bonchev–Trinajstić information content (AvgIpc) is 2.46. The minimum absolute atomic E-state index is 0.0729. The number of nitrogens with zero attached hydrogens (tertiary/aromatic N) is 1. The average molecular weight is 289 g/mol. The highest BCUT2D eigenvalue weighted by Crippen LogP contribution is 2.28. The predicted molar refractivity (Wildman–Crippen MR) is 83.1 cm³/mol. The summed E-state index contributed by atoms with van der Waals surface area (Å²) in [6, 6.07) is 9.22. The summed E-state index contributed by atoms with van der Waals surface area (Å²) in [5.74, 6) is -0.772. The number of amides is 1. The summed E-state index contributed by atoms with van der Waals surface area (Å²) in [5.41, 5.74) is -0.157. The number of carboxylic acid groups (broad SMARTS) is 1. The van der Waals surface area contributed by atoms with Crippen molar-refractivity contribution >= 4 is 11.9 Å². The second-order valence-electron chi connectivity index (χ2n) is 5.51. The topological polar surface area (TPSA) is 57.6 Å². The van der Waals surface area contributed by atoms with Crippen LogP contribution in [0.2, 0.25) is 0 Å². The molecule has 0 heterocycles. The molecule has 1 rings (SSSR count). The van der Waals surface area contributed by atoms with Crippen molar-refractivity contribution in [3.05, 3.63) is 48.0 Å². The zero-order valence-electron chi connectivity index (χ0n) is 12.9. The normalized spacial score (nSPS) is 13.9. The van der Waals surface area contributed by atoms with Gasteiger partial charge in [0.05, 0.1) is 5.41 Å². The lowest BCUT2D eigenvalue weighted by atomic mass is 9.79. The van der Waals surface area contributed by atoms with E-state index in [0.29, 0.717) is 19.3 Å². The molecule has 0 saturated heterocycles. The van der Waals surface area contributed by atoms with Gasteiger partial charge in [0, 0.05) is 20.5 Å². The van der Waals surface area contributed by atoms with E-state index in [1.807, 2.05) is 42.5 Å². The predicted octanol–water partition coefficient (Wildman–Crippen LogP) is 2.84. The molecule has 0 aliphatic heterocycles. The summed E-state index contributed by atoms with van der Waals surface area (Å²) in [5, 5.41) is 9.51. The second-order valence-corrected chi connectivity index (χ2v) is 5.51. The number of carbonyl (C=O) groups is 2. The zero-order valence-corrected chi connectivity index (χ0v) is 12.9. The fraction of sp³-hybridized carbons (Fsp3) is 0.412. The molecule has 0 spiro atoms.